The lowest BCUT2D eigenvalue weighted by molar-refractivity contribution is -0.144. The van der Waals surface area contributed by atoms with Crippen molar-refractivity contribution in [1.29, 1.82) is 0 Å². The molecule has 0 aliphatic heterocycles. The molecule has 1 atom stereocenters. The van der Waals surface area contributed by atoms with E-state index in [1.54, 1.807) is 6.92 Å². The number of carbonyl (C=O) groups excluding carboxylic acids is 2. The molecule has 13 heavy (non-hydrogen) atoms. The Labute approximate surface area is 82.6 Å². The van der Waals surface area contributed by atoms with Gasteiger partial charge in [-0.15, -0.1) is 0 Å². The van der Waals surface area contributed by atoms with Crippen molar-refractivity contribution in [2.75, 3.05) is 0 Å². The van der Waals surface area contributed by atoms with Crippen molar-refractivity contribution in [2.24, 2.45) is 0 Å². The van der Waals surface area contributed by atoms with E-state index in [1.165, 1.54) is 6.92 Å². The van der Waals surface area contributed by atoms with Crippen molar-refractivity contribution in [1.82, 2.24) is 5.32 Å². The van der Waals surface area contributed by atoms with Gasteiger partial charge in [-0.3, -0.25) is 9.59 Å². The lowest BCUT2D eigenvalue weighted by Crippen LogP contribution is -2.36. The SMILES string of the molecule is [CH2]C(OC(=O)CC)C(=S)NC(C)=O. The largest absolute Gasteiger partial charge is 0.455 e. The molecule has 5 heteroatoms. The normalized spacial score (nSPS) is 11.6. The van der Waals surface area contributed by atoms with Gasteiger partial charge in [0.15, 0.2) is 6.10 Å². The van der Waals surface area contributed by atoms with Gasteiger partial charge in [-0.1, -0.05) is 19.1 Å². The van der Waals surface area contributed by atoms with E-state index in [2.05, 4.69) is 12.2 Å². The molecule has 0 aromatic carbocycles. The molecule has 0 aromatic heterocycles. The van der Waals surface area contributed by atoms with Gasteiger partial charge in [-0.05, 0) is 6.92 Å². The summed E-state index contributed by atoms with van der Waals surface area (Å²) in [5, 5.41) is 2.32. The van der Waals surface area contributed by atoms with Crippen molar-refractivity contribution in [3.05, 3.63) is 6.92 Å². The van der Waals surface area contributed by atoms with E-state index >= 15 is 0 Å². The van der Waals surface area contributed by atoms with Gasteiger partial charge in [0, 0.05) is 13.3 Å². The topological polar surface area (TPSA) is 55.4 Å². The molecule has 1 N–H and O–H groups in total. The quantitative estimate of drug-likeness (QED) is 0.538. The van der Waals surface area contributed by atoms with Crippen LogP contribution in [0, 0.1) is 6.92 Å². The van der Waals surface area contributed by atoms with Gasteiger partial charge in [0.2, 0.25) is 5.91 Å². The van der Waals surface area contributed by atoms with Gasteiger partial charge in [0.25, 0.3) is 0 Å². The van der Waals surface area contributed by atoms with E-state index in [-0.39, 0.29) is 17.3 Å². The highest BCUT2D eigenvalue weighted by molar-refractivity contribution is 7.80. The third-order valence-electron chi connectivity index (χ3n) is 1.15. The average molecular weight is 202 g/mol. The van der Waals surface area contributed by atoms with Crippen molar-refractivity contribution < 1.29 is 14.3 Å². The maximum absolute atomic E-state index is 10.8. The summed E-state index contributed by atoms with van der Waals surface area (Å²) in [6, 6.07) is 0. The number of nitrogens with one attached hydrogen (secondary N) is 1. The van der Waals surface area contributed by atoms with Gasteiger partial charge in [0.1, 0.15) is 4.99 Å². The van der Waals surface area contributed by atoms with Crippen LogP contribution in [-0.4, -0.2) is 23.0 Å². The Morgan fingerprint density at radius 2 is 2.15 bits per heavy atom. The fourth-order valence-corrected chi connectivity index (χ4v) is 0.741. The minimum Gasteiger partial charge on any atom is -0.455 e. The lowest BCUT2D eigenvalue weighted by Gasteiger charge is -2.13. The molecule has 1 unspecified atom stereocenters. The molecule has 73 valence electrons. The van der Waals surface area contributed by atoms with Gasteiger partial charge in [-0.25, -0.2) is 0 Å². The first-order valence-corrected chi connectivity index (χ1v) is 4.22. The van der Waals surface area contributed by atoms with Crippen LogP contribution in [0.25, 0.3) is 0 Å². The first kappa shape index (κ1) is 12.0. The zero-order valence-electron chi connectivity index (χ0n) is 7.62. The van der Waals surface area contributed by atoms with Gasteiger partial charge in [-0.2, -0.15) is 0 Å². The van der Waals surface area contributed by atoms with Crippen LogP contribution in [0.5, 0.6) is 0 Å². The van der Waals surface area contributed by atoms with Crippen LogP contribution in [0.3, 0.4) is 0 Å². The van der Waals surface area contributed by atoms with Gasteiger partial charge < -0.3 is 10.1 Å². The number of rotatable bonds is 3. The minimum atomic E-state index is -0.800. The maximum Gasteiger partial charge on any atom is 0.306 e. The number of hydrogen-bond acceptors (Lipinski definition) is 4. The molecule has 0 saturated carbocycles. The second-order valence-corrected chi connectivity index (χ2v) is 2.82. The molecule has 1 radical (unpaired) electrons. The smallest absolute Gasteiger partial charge is 0.306 e. The Bertz CT molecular complexity index is 227. The van der Waals surface area contributed by atoms with Crippen molar-refractivity contribution in [3.8, 4) is 0 Å². The van der Waals surface area contributed by atoms with Crippen LogP contribution in [0.4, 0.5) is 0 Å². The zero-order valence-corrected chi connectivity index (χ0v) is 8.44. The van der Waals surface area contributed by atoms with Crippen LogP contribution < -0.4 is 5.32 Å². The molecular formula is C8H12NO3S. The Hall–Kier alpha value is -0.970. The fourth-order valence-electron chi connectivity index (χ4n) is 0.550. The van der Waals surface area contributed by atoms with Crippen molar-refractivity contribution in [2.45, 2.75) is 26.4 Å². The zero-order chi connectivity index (χ0) is 10.4. The maximum atomic E-state index is 10.8. The number of carbonyl (C=O) groups is 2. The summed E-state index contributed by atoms with van der Waals surface area (Å²) in [5.74, 6) is -0.695. The molecule has 0 aromatic rings. The summed E-state index contributed by atoms with van der Waals surface area (Å²) < 4.78 is 4.76. The van der Waals surface area contributed by atoms with E-state index < -0.39 is 12.1 Å². The highest BCUT2D eigenvalue weighted by atomic mass is 32.1. The van der Waals surface area contributed by atoms with E-state index in [0.29, 0.717) is 0 Å². The minimum absolute atomic E-state index is 0.120. The number of amides is 1. The van der Waals surface area contributed by atoms with Crippen molar-refractivity contribution >= 4 is 29.1 Å². The predicted octanol–water partition coefficient (Wildman–Crippen LogP) is 0.606. The van der Waals surface area contributed by atoms with Crippen LogP contribution >= 0.6 is 12.2 Å². The van der Waals surface area contributed by atoms with E-state index in [9.17, 15) is 9.59 Å². The molecule has 0 aliphatic carbocycles. The number of esters is 1. The second kappa shape index (κ2) is 5.64. The fraction of sp³-hybridized carbons (Fsp3) is 0.500. The van der Waals surface area contributed by atoms with Gasteiger partial charge in [0.05, 0.1) is 0 Å². The van der Waals surface area contributed by atoms with Crippen LogP contribution in [0.1, 0.15) is 20.3 Å². The second-order valence-electron chi connectivity index (χ2n) is 2.38. The molecule has 0 aliphatic rings. The van der Waals surface area contributed by atoms with Crippen LogP contribution in [0.15, 0.2) is 0 Å². The molecule has 0 saturated heterocycles. The first-order chi connectivity index (χ1) is 5.97. The standard InChI is InChI=1S/C8H12NO3S/c1-4-7(11)12-5(2)8(13)9-6(3)10/h5H,2,4H2,1,3H3,(H,9,10,13). The highest BCUT2D eigenvalue weighted by Gasteiger charge is 2.13. The van der Waals surface area contributed by atoms with Crippen molar-refractivity contribution in [3.63, 3.8) is 0 Å². The highest BCUT2D eigenvalue weighted by Crippen LogP contribution is 1.95. The summed E-state index contributed by atoms with van der Waals surface area (Å²) in [7, 11) is 0. The molecule has 0 bridgehead atoms. The third kappa shape index (κ3) is 5.30. The third-order valence-corrected chi connectivity index (χ3v) is 1.52. The molecular weight excluding hydrogens is 190 g/mol. The predicted molar refractivity (Wildman–Crippen MR) is 51.9 cm³/mol. The number of thiocarbonyl (C=S) groups is 1. The molecule has 0 rings (SSSR count). The summed E-state index contributed by atoms with van der Waals surface area (Å²) in [5.41, 5.74) is 0. The number of hydrogen-bond donors (Lipinski definition) is 1. The lowest BCUT2D eigenvalue weighted by atomic mass is 10.4. The van der Waals surface area contributed by atoms with Gasteiger partial charge >= 0.3 is 5.97 Å². The van der Waals surface area contributed by atoms with E-state index in [4.69, 9.17) is 17.0 Å². The summed E-state index contributed by atoms with van der Waals surface area (Å²) in [6.45, 7) is 6.46. The molecule has 0 spiro atoms. The average Bonchev–Trinajstić information content (AvgIpc) is 2.02. The number of ether oxygens (including phenoxy) is 1. The Morgan fingerprint density at radius 1 is 1.62 bits per heavy atom. The molecule has 0 fully saturated rings. The summed E-state index contributed by atoms with van der Waals surface area (Å²) in [6.07, 6.45) is -0.541. The Kier molecular flexibility index (Phi) is 5.22. The van der Waals surface area contributed by atoms with Crippen LogP contribution in [-0.2, 0) is 14.3 Å². The van der Waals surface area contributed by atoms with E-state index in [1.807, 2.05) is 0 Å². The Morgan fingerprint density at radius 3 is 2.54 bits per heavy atom. The van der Waals surface area contributed by atoms with Crippen LogP contribution in [0.2, 0.25) is 0 Å². The molecule has 0 heterocycles. The summed E-state index contributed by atoms with van der Waals surface area (Å²) >= 11 is 4.75. The van der Waals surface area contributed by atoms with E-state index in [0.717, 1.165) is 0 Å². The molecule has 1 amide bonds. The monoisotopic (exact) mass is 202 g/mol. The first-order valence-electron chi connectivity index (χ1n) is 3.81. The summed E-state index contributed by atoms with van der Waals surface area (Å²) in [4.78, 5) is 21.4. The molecule has 4 nitrogen and oxygen atoms in total. The Balaban J connectivity index is 3.96.